The highest BCUT2D eigenvalue weighted by Gasteiger charge is 2.30. The van der Waals surface area contributed by atoms with Gasteiger partial charge in [-0.05, 0) is 56.5 Å². The molecule has 2 rings (SSSR count). The van der Waals surface area contributed by atoms with E-state index >= 15 is 0 Å². The summed E-state index contributed by atoms with van der Waals surface area (Å²) in [6, 6.07) is 7.03. The van der Waals surface area contributed by atoms with Crippen molar-refractivity contribution in [2.24, 2.45) is 11.8 Å². The molecule has 1 aromatic rings. The monoisotopic (exact) mass is 375 g/mol. The van der Waals surface area contributed by atoms with Gasteiger partial charge in [-0.2, -0.15) is 0 Å². The van der Waals surface area contributed by atoms with Gasteiger partial charge in [0.15, 0.2) is 0 Å². The molecule has 1 saturated carbocycles. The van der Waals surface area contributed by atoms with E-state index < -0.39 is 0 Å². The van der Waals surface area contributed by atoms with Crippen LogP contribution in [0.1, 0.15) is 40.0 Å². The molecular weight excluding hydrogens is 342 g/mol. The van der Waals surface area contributed by atoms with E-state index in [0.29, 0.717) is 17.5 Å². The number of amides is 2. The summed E-state index contributed by atoms with van der Waals surface area (Å²) in [5, 5.41) is 6.03. The highest BCUT2D eigenvalue weighted by molar-refractivity contribution is 5.92. The lowest BCUT2D eigenvalue weighted by molar-refractivity contribution is -0.127. The Morgan fingerprint density at radius 2 is 1.89 bits per heavy atom. The number of rotatable bonds is 7. The second kappa shape index (κ2) is 9.74. The van der Waals surface area contributed by atoms with Gasteiger partial charge in [0.2, 0.25) is 11.8 Å². The Bertz CT molecular complexity index is 632. The average molecular weight is 376 g/mol. The number of likely N-dealkylation sites (N-methyl/N-ethyl adjacent to an activating group) is 1. The van der Waals surface area contributed by atoms with E-state index in [1.807, 2.05) is 6.92 Å². The first-order valence-electron chi connectivity index (χ1n) is 9.76. The number of carbonyl (C=O) groups is 2. The summed E-state index contributed by atoms with van der Waals surface area (Å²) < 4.78 is 5.11. The van der Waals surface area contributed by atoms with Crippen LogP contribution in [0.5, 0.6) is 5.75 Å². The van der Waals surface area contributed by atoms with Crippen molar-refractivity contribution in [3.63, 3.8) is 0 Å². The minimum Gasteiger partial charge on any atom is -0.497 e. The molecule has 6 heteroatoms. The standard InChI is InChI=1S/C21H33N3O3/c1-14-7-6-8-19(15(14)2)23-21(26)16(3)24(4)13-20(25)22-17-9-11-18(27-5)12-10-17/h9-12,14-16,19H,6-8,13H2,1-5H3,(H,22,25)(H,23,26)/t14-,15-,16-,19-/m1/s1. The lowest BCUT2D eigenvalue weighted by atomic mass is 9.78. The molecule has 1 aromatic carbocycles. The molecule has 2 N–H and O–H groups in total. The van der Waals surface area contributed by atoms with Crippen LogP contribution in [0.15, 0.2) is 24.3 Å². The van der Waals surface area contributed by atoms with Gasteiger partial charge in [0.05, 0.1) is 19.7 Å². The molecule has 0 spiro atoms. The molecule has 0 heterocycles. The van der Waals surface area contributed by atoms with E-state index in [4.69, 9.17) is 4.74 Å². The Labute approximate surface area is 162 Å². The number of hydrogen-bond donors (Lipinski definition) is 2. The first-order chi connectivity index (χ1) is 12.8. The van der Waals surface area contributed by atoms with E-state index in [-0.39, 0.29) is 30.4 Å². The van der Waals surface area contributed by atoms with Crippen molar-refractivity contribution in [1.82, 2.24) is 10.2 Å². The molecule has 1 aliphatic rings. The van der Waals surface area contributed by atoms with Crippen molar-refractivity contribution in [2.75, 3.05) is 26.0 Å². The van der Waals surface area contributed by atoms with Gasteiger partial charge in [0, 0.05) is 11.7 Å². The van der Waals surface area contributed by atoms with Crippen LogP contribution in [0, 0.1) is 11.8 Å². The first kappa shape index (κ1) is 21.2. The third-order valence-electron chi connectivity index (χ3n) is 5.84. The third-order valence-corrected chi connectivity index (χ3v) is 5.84. The summed E-state index contributed by atoms with van der Waals surface area (Å²) >= 11 is 0. The minimum absolute atomic E-state index is 0.0132. The number of nitrogens with one attached hydrogen (secondary N) is 2. The fourth-order valence-corrected chi connectivity index (χ4v) is 3.53. The van der Waals surface area contributed by atoms with Gasteiger partial charge in [-0.3, -0.25) is 14.5 Å². The van der Waals surface area contributed by atoms with E-state index in [9.17, 15) is 9.59 Å². The fraction of sp³-hybridized carbons (Fsp3) is 0.619. The zero-order valence-electron chi connectivity index (χ0n) is 17.1. The van der Waals surface area contributed by atoms with Crippen LogP contribution in [0.3, 0.4) is 0 Å². The molecule has 0 unspecified atom stereocenters. The Kier molecular flexibility index (Phi) is 7.66. The number of anilines is 1. The zero-order chi connectivity index (χ0) is 20.0. The van der Waals surface area contributed by atoms with Gasteiger partial charge in [-0.1, -0.05) is 26.7 Å². The number of nitrogens with zero attached hydrogens (tertiary/aromatic N) is 1. The van der Waals surface area contributed by atoms with Gasteiger partial charge in [0.25, 0.3) is 0 Å². The van der Waals surface area contributed by atoms with Gasteiger partial charge < -0.3 is 15.4 Å². The Hall–Kier alpha value is -2.08. The van der Waals surface area contributed by atoms with E-state index in [1.54, 1.807) is 43.3 Å². The van der Waals surface area contributed by atoms with Gasteiger partial charge in [0.1, 0.15) is 5.75 Å². The normalized spacial score (nSPS) is 23.6. The van der Waals surface area contributed by atoms with Crippen LogP contribution in [0.4, 0.5) is 5.69 Å². The van der Waals surface area contributed by atoms with E-state index in [2.05, 4.69) is 24.5 Å². The zero-order valence-corrected chi connectivity index (χ0v) is 17.1. The predicted molar refractivity (Wildman–Crippen MR) is 108 cm³/mol. The largest absolute Gasteiger partial charge is 0.497 e. The fourth-order valence-electron chi connectivity index (χ4n) is 3.53. The van der Waals surface area contributed by atoms with Crippen LogP contribution < -0.4 is 15.4 Å². The van der Waals surface area contributed by atoms with Crippen LogP contribution in [0.25, 0.3) is 0 Å². The van der Waals surface area contributed by atoms with Gasteiger partial charge >= 0.3 is 0 Å². The summed E-state index contributed by atoms with van der Waals surface area (Å²) in [4.78, 5) is 26.7. The Balaban J connectivity index is 1.83. The number of benzene rings is 1. The third kappa shape index (κ3) is 5.96. The predicted octanol–water partition coefficient (Wildman–Crippen LogP) is 2.89. The summed E-state index contributed by atoms with van der Waals surface area (Å²) in [5.74, 6) is 1.69. The molecule has 0 aliphatic heterocycles. The summed E-state index contributed by atoms with van der Waals surface area (Å²) in [5.41, 5.74) is 0.705. The second-order valence-corrected chi connectivity index (χ2v) is 7.75. The summed E-state index contributed by atoms with van der Waals surface area (Å²) in [7, 11) is 3.40. The van der Waals surface area contributed by atoms with Crippen molar-refractivity contribution in [3.8, 4) is 5.75 Å². The van der Waals surface area contributed by atoms with Crippen LogP contribution >= 0.6 is 0 Å². The topological polar surface area (TPSA) is 70.7 Å². The lowest BCUT2D eigenvalue weighted by Crippen LogP contribution is -2.51. The van der Waals surface area contributed by atoms with Crippen molar-refractivity contribution in [2.45, 2.75) is 52.1 Å². The minimum atomic E-state index is -0.365. The van der Waals surface area contributed by atoms with Gasteiger partial charge in [-0.15, -0.1) is 0 Å². The summed E-state index contributed by atoms with van der Waals surface area (Å²) in [6.45, 7) is 6.46. The maximum absolute atomic E-state index is 12.6. The van der Waals surface area contributed by atoms with Crippen molar-refractivity contribution < 1.29 is 14.3 Å². The SMILES string of the molecule is COc1ccc(NC(=O)CN(C)[C@H](C)C(=O)N[C@@H]2CCC[C@@H](C)[C@H]2C)cc1. The average Bonchev–Trinajstić information content (AvgIpc) is 2.65. The molecule has 2 amide bonds. The quantitative estimate of drug-likeness (QED) is 0.769. The number of hydrogen-bond acceptors (Lipinski definition) is 4. The van der Waals surface area contributed by atoms with E-state index in [1.165, 1.54) is 6.42 Å². The highest BCUT2D eigenvalue weighted by atomic mass is 16.5. The number of ether oxygens (including phenoxy) is 1. The maximum Gasteiger partial charge on any atom is 0.238 e. The molecule has 0 radical (unpaired) electrons. The Morgan fingerprint density at radius 3 is 2.52 bits per heavy atom. The highest BCUT2D eigenvalue weighted by Crippen LogP contribution is 2.29. The van der Waals surface area contributed by atoms with Crippen LogP contribution in [0.2, 0.25) is 0 Å². The summed E-state index contributed by atoms with van der Waals surface area (Å²) in [6.07, 6.45) is 3.42. The smallest absolute Gasteiger partial charge is 0.238 e. The maximum atomic E-state index is 12.6. The Morgan fingerprint density at radius 1 is 1.22 bits per heavy atom. The number of carbonyl (C=O) groups excluding carboxylic acids is 2. The lowest BCUT2D eigenvalue weighted by Gasteiger charge is -2.36. The number of methoxy groups -OCH3 is 1. The molecule has 150 valence electrons. The first-order valence-corrected chi connectivity index (χ1v) is 9.76. The van der Waals surface area contributed by atoms with Gasteiger partial charge in [-0.25, -0.2) is 0 Å². The molecule has 0 aromatic heterocycles. The molecular formula is C21H33N3O3. The van der Waals surface area contributed by atoms with E-state index in [0.717, 1.165) is 18.6 Å². The molecule has 4 atom stereocenters. The van der Waals surface area contributed by atoms with Crippen molar-refractivity contribution in [3.05, 3.63) is 24.3 Å². The molecule has 27 heavy (non-hydrogen) atoms. The molecule has 6 nitrogen and oxygen atoms in total. The second-order valence-electron chi connectivity index (χ2n) is 7.75. The molecule has 1 fully saturated rings. The van der Waals surface area contributed by atoms with Crippen molar-refractivity contribution >= 4 is 17.5 Å². The molecule has 0 saturated heterocycles. The van der Waals surface area contributed by atoms with Crippen LogP contribution in [-0.2, 0) is 9.59 Å². The molecule has 1 aliphatic carbocycles. The van der Waals surface area contributed by atoms with Crippen LogP contribution in [-0.4, -0.2) is 49.5 Å². The molecule has 0 bridgehead atoms. The van der Waals surface area contributed by atoms with Crippen molar-refractivity contribution in [1.29, 1.82) is 0 Å².